The first-order chi connectivity index (χ1) is 17.6. The number of aryl methyl sites for hydroxylation is 1. The van der Waals surface area contributed by atoms with Gasteiger partial charge in [-0.2, -0.15) is 0 Å². The van der Waals surface area contributed by atoms with Crippen LogP contribution in [0.3, 0.4) is 0 Å². The van der Waals surface area contributed by atoms with E-state index >= 15 is 0 Å². The lowest BCUT2D eigenvalue weighted by molar-refractivity contribution is -0.0596. The lowest BCUT2D eigenvalue weighted by atomic mass is 9.49. The maximum Gasteiger partial charge on any atom is 0.410 e. The molecule has 4 bridgehead atoms. The molecule has 4 aliphatic carbocycles. The summed E-state index contributed by atoms with van der Waals surface area (Å²) >= 11 is 0. The molecule has 0 aliphatic heterocycles. The number of hydrogen-bond acceptors (Lipinski definition) is 4. The summed E-state index contributed by atoms with van der Waals surface area (Å²) < 4.78 is 5.48. The van der Waals surface area contributed by atoms with Gasteiger partial charge in [-0.1, -0.05) is 0 Å². The molecule has 7 nitrogen and oxygen atoms in total. The highest BCUT2D eigenvalue weighted by Crippen LogP contribution is 2.61. The van der Waals surface area contributed by atoms with Gasteiger partial charge >= 0.3 is 12.1 Å². The smallest absolute Gasteiger partial charge is 0.410 e. The van der Waals surface area contributed by atoms with Crippen molar-refractivity contribution in [1.82, 2.24) is 20.1 Å². The van der Waals surface area contributed by atoms with Gasteiger partial charge in [0.1, 0.15) is 5.60 Å². The molecule has 7 heteroatoms. The summed E-state index contributed by atoms with van der Waals surface area (Å²) in [6, 6.07) is 4.08. The molecule has 0 spiro atoms. The molecule has 37 heavy (non-hydrogen) atoms. The summed E-state index contributed by atoms with van der Waals surface area (Å²) in [6.07, 6.45) is 15.4. The van der Waals surface area contributed by atoms with Crippen LogP contribution in [0.5, 0.6) is 0 Å². The second-order valence-corrected chi connectivity index (χ2v) is 13.1. The summed E-state index contributed by atoms with van der Waals surface area (Å²) in [5.74, 6) is 2.76. The fourth-order valence-electron chi connectivity index (χ4n) is 7.36. The number of nitrogens with zero attached hydrogens (tertiary/aromatic N) is 3. The van der Waals surface area contributed by atoms with E-state index in [-0.39, 0.29) is 12.1 Å². The average molecular weight is 513 g/mol. The average Bonchev–Trinajstić information content (AvgIpc) is 2.82. The Labute approximate surface area is 223 Å². The first-order valence-corrected chi connectivity index (χ1v) is 14.5. The molecule has 0 unspecified atom stereocenters. The van der Waals surface area contributed by atoms with Crippen molar-refractivity contribution in [3.8, 4) is 0 Å². The van der Waals surface area contributed by atoms with E-state index in [0.717, 1.165) is 50.0 Å². The quantitative estimate of drug-likeness (QED) is 0.375. The molecule has 0 aromatic carbocycles. The van der Waals surface area contributed by atoms with Gasteiger partial charge in [-0.3, -0.25) is 4.98 Å². The Morgan fingerprint density at radius 1 is 1.00 bits per heavy atom. The van der Waals surface area contributed by atoms with E-state index < -0.39 is 5.60 Å². The fourth-order valence-corrected chi connectivity index (χ4v) is 7.36. The van der Waals surface area contributed by atoms with Crippen molar-refractivity contribution < 1.29 is 14.3 Å². The molecule has 1 heterocycles. The highest BCUT2D eigenvalue weighted by molar-refractivity contribution is 5.74. The third kappa shape index (κ3) is 8.08. The van der Waals surface area contributed by atoms with Crippen LogP contribution in [-0.2, 0) is 11.2 Å². The van der Waals surface area contributed by atoms with Crippen LogP contribution in [0.25, 0.3) is 0 Å². The largest absolute Gasteiger partial charge is 0.444 e. The zero-order chi connectivity index (χ0) is 26.5. The van der Waals surface area contributed by atoms with Crippen molar-refractivity contribution in [2.45, 2.75) is 90.6 Å². The van der Waals surface area contributed by atoms with Crippen LogP contribution in [0.4, 0.5) is 9.59 Å². The van der Waals surface area contributed by atoms with Gasteiger partial charge in [-0.15, -0.1) is 0 Å². The molecule has 1 aromatic rings. The predicted molar refractivity (Wildman–Crippen MR) is 146 cm³/mol. The standard InChI is InChI=1S/C30H48N4O3/c1-29(2,3)37-28(36)33(4)14-6-15-34(27(35)32-11-5-7-23-8-12-31-13-9-23)16-10-30-20-24-17-25(21-30)19-26(18-24)22-30/h8-9,12-13,24-26H,5-7,10-11,14-22H2,1-4H3,(H,32,35). The van der Waals surface area contributed by atoms with E-state index in [1.54, 1.807) is 11.9 Å². The van der Waals surface area contributed by atoms with E-state index in [1.165, 1.54) is 44.1 Å². The van der Waals surface area contributed by atoms with Crippen LogP contribution in [-0.4, -0.2) is 65.7 Å². The summed E-state index contributed by atoms with van der Waals surface area (Å²) in [6.45, 7) is 8.32. The minimum atomic E-state index is -0.509. The van der Waals surface area contributed by atoms with Gasteiger partial charge in [0.2, 0.25) is 0 Å². The number of aromatic nitrogens is 1. The topological polar surface area (TPSA) is 74.8 Å². The van der Waals surface area contributed by atoms with Gasteiger partial charge in [0.05, 0.1) is 0 Å². The molecule has 1 aromatic heterocycles. The van der Waals surface area contributed by atoms with E-state index in [4.69, 9.17) is 4.74 Å². The number of carbonyl (C=O) groups excluding carboxylic acids is 2. The first kappa shape index (κ1) is 27.7. The van der Waals surface area contributed by atoms with Crippen molar-refractivity contribution in [3.05, 3.63) is 30.1 Å². The zero-order valence-corrected chi connectivity index (χ0v) is 23.5. The van der Waals surface area contributed by atoms with E-state index in [1.807, 2.05) is 50.2 Å². The summed E-state index contributed by atoms with van der Waals surface area (Å²) in [5.41, 5.74) is 1.18. The highest BCUT2D eigenvalue weighted by Gasteiger charge is 2.50. The van der Waals surface area contributed by atoms with E-state index in [9.17, 15) is 9.59 Å². The van der Waals surface area contributed by atoms with Crippen LogP contribution in [0, 0.1) is 23.2 Å². The monoisotopic (exact) mass is 512 g/mol. The molecule has 4 saturated carbocycles. The van der Waals surface area contributed by atoms with Gasteiger partial charge in [0, 0.05) is 45.6 Å². The Balaban J connectivity index is 1.28. The minimum Gasteiger partial charge on any atom is -0.444 e. The molecule has 0 saturated heterocycles. The number of amides is 3. The zero-order valence-electron chi connectivity index (χ0n) is 23.5. The SMILES string of the molecule is CN(CCCN(CCC12CC3CC(CC(C3)C1)C2)C(=O)NCCCc1ccncc1)C(=O)OC(C)(C)C. The Bertz CT molecular complexity index is 863. The number of rotatable bonds is 11. The van der Waals surface area contributed by atoms with E-state index in [0.29, 0.717) is 25.0 Å². The maximum atomic E-state index is 13.3. The Morgan fingerprint density at radius 2 is 1.62 bits per heavy atom. The molecule has 206 valence electrons. The van der Waals surface area contributed by atoms with Crippen LogP contribution in [0.15, 0.2) is 24.5 Å². The van der Waals surface area contributed by atoms with Gasteiger partial charge in [0.15, 0.2) is 0 Å². The molecule has 4 aliphatic rings. The van der Waals surface area contributed by atoms with Gasteiger partial charge < -0.3 is 19.9 Å². The fraction of sp³-hybridized carbons (Fsp3) is 0.767. The second kappa shape index (κ2) is 12.0. The molecular formula is C30H48N4O3. The molecule has 3 amide bonds. The number of pyridine rings is 1. The Hall–Kier alpha value is -2.31. The van der Waals surface area contributed by atoms with Gasteiger partial charge in [0.25, 0.3) is 0 Å². The molecule has 1 N–H and O–H groups in total. The van der Waals surface area contributed by atoms with Crippen LogP contribution in [0.1, 0.15) is 84.1 Å². The third-order valence-electron chi connectivity index (χ3n) is 8.66. The second-order valence-electron chi connectivity index (χ2n) is 13.1. The molecular weight excluding hydrogens is 464 g/mol. The van der Waals surface area contributed by atoms with Crippen LogP contribution < -0.4 is 5.32 Å². The number of urea groups is 1. The van der Waals surface area contributed by atoms with Crippen molar-refractivity contribution in [2.24, 2.45) is 23.2 Å². The highest BCUT2D eigenvalue weighted by atomic mass is 16.6. The normalized spacial score (nSPS) is 26.1. The molecule has 0 radical (unpaired) electrons. The first-order valence-electron chi connectivity index (χ1n) is 14.5. The van der Waals surface area contributed by atoms with Gasteiger partial charge in [-0.25, -0.2) is 9.59 Å². The Kier molecular flexibility index (Phi) is 9.02. The maximum absolute atomic E-state index is 13.3. The number of ether oxygens (including phenoxy) is 1. The molecule has 0 atom stereocenters. The van der Waals surface area contributed by atoms with Crippen LogP contribution in [0.2, 0.25) is 0 Å². The van der Waals surface area contributed by atoms with Crippen molar-refractivity contribution in [2.75, 3.05) is 33.2 Å². The third-order valence-corrected chi connectivity index (χ3v) is 8.66. The summed E-state index contributed by atoms with van der Waals surface area (Å²) in [7, 11) is 1.77. The lowest BCUT2D eigenvalue weighted by Crippen LogP contribution is -2.49. The van der Waals surface area contributed by atoms with Crippen molar-refractivity contribution in [3.63, 3.8) is 0 Å². The molecule has 5 rings (SSSR count). The minimum absolute atomic E-state index is 0.0272. The number of carbonyl (C=O) groups is 2. The Morgan fingerprint density at radius 3 is 2.22 bits per heavy atom. The summed E-state index contributed by atoms with van der Waals surface area (Å²) in [5, 5.41) is 3.17. The van der Waals surface area contributed by atoms with Crippen molar-refractivity contribution >= 4 is 12.1 Å². The molecule has 4 fully saturated rings. The van der Waals surface area contributed by atoms with E-state index in [2.05, 4.69) is 10.3 Å². The van der Waals surface area contributed by atoms with Crippen LogP contribution >= 0.6 is 0 Å². The summed E-state index contributed by atoms with van der Waals surface area (Å²) in [4.78, 5) is 33.3. The predicted octanol–water partition coefficient (Wildman–Crippen LogP) is 5.89. The number of nitrogens with one attached hydrogen (secondary N) is 1. The van der Waals surface area contributed by atoms with Gasteiger partial charge in [-0.05, 0) is 126 Å². The number of hydrogen-bond donors (Lipinski definition) is 1. The lowest BCUT2D eigenvalue weighted by Gasteiger charge is -2.57. The van der Waals surface area contributed by atoms with Crippen molar-refractivity contribution in [1.29, 1.82) is 0 Å².